The molecule has 1 atom stereocenters. The number of hydrogen-bond donors (Lipinski definition) is 1. The molecule has 0 bridgehead atoms. The van der Waals surface area contributed by atoms with Crippen LogP contribution in [-0.2, 0) is 0 Å². The molecule has 0 amide bonds. The lowest BCUT2D eigenvalue weighted by atomic mass is 10.1. The summed E-state index contributed by atoms with van der Waals surface area (Å²) in [5.74, 6) is -0.0956. The third kappa shape index (κ3) is 2.71. The molecule has 0 saturated carbocycles. The molecule has 0 heterocycles. The summed E-state index contributed by atoms with van der Waals surface area (Å²) < 4.78 is 0. The first kappa shape index (κ1) is 10.5. The van der Waals surface area contributed by atoms with Crippen LogP contribution >= 0.6 is 27.5 Å². The van der Waals surface area contributed by atoms with Crippen LogP contribution < -0.4 is 0 Å². The summed E-state index contributed by atoms with van der Waals surface area (Å²) in [4.78, 5) is 11.2. The quantitative estimate of drug-likeness (QED) is 0.658. The molecule has 70 valence electrons. The van der Waals surface area contributed by atoms with E-state index in [4.69, 9.17) is 11.6 Å². The van der Waals surface area contributed by atoms with Gasteiger partial charge < -0.3 is 5.11 Å². The van der Waals surface area contributed by atoms with Crippen molar-refractivity contribution >= 4 is 33.3 Å². The molecule has 0 fully saturated rings. The number of carbonyl (C=O) groups excluding carboxylic acids is 1. The predicted molar refractivity (Wildman–Crippen MR) is 55.8 cm³/mol. The Hall–Kier alpha value is -0.540. The summed E-state index contributed by atoms with van der Waals surface area (Å²) in [5.41, 5.74) is 0.411. The van der Waals surface area contributed by atoms with Crippen LogP contribution in [0.15, 0.2) is 18.2 Å². The standard InChI is InChI=1S/C9H8BrClO2/c1-5(10)9(13)6-2-7(11)4-8(12)3-6/h2-5,12H,1H3. The van der Waals surface area contributed by atoms with Crippen LogP contribution in [0.2, 0.25) is 5.02 Å². The van der Waals surface area contributed by atoms with E-state index >= 15 is 0 Å². The number of halogens is 2. The van der Waals surface area contributed by atoms with E-state index < -0.39 is 0 Å². The average Bonchev–Trinajstić information content (AvgIpc) is 2.01. The smallest absolute Gasteiger partial charge is 0.176 e. The highest BCUT2D eigenvalue weighted by molar-refractivity contribution is 9.10. The van der Waals surface area contributed by atoms with Gasteiger partial charge in [-0.05, 0) is 25.1 Å². The van der Waals surface area contributed by atoms with Gasteiger partial charge in [-0.15, -0.1) is 0 Å². The summed E-state index contributed by atoms with van der Waals surface area (Å²) in [6, 6.07) is 4.31. The lowest BCUT2D eigenvalue weighted by molar-refractivity contribution is 0.0995. The molecule has 1 N–H and O–H groups in total. The van der Waals surface area contributed by atoms with E-state index in [9.17, 15) is 9.90 Å². The third-order valence-electron chi connectivity index (χ3n) is 1.53. The number of carbonyl (C=O) groups is 1. The lowest BCUT2D eigenvalue weighted by Gasteiger charge is -2.03. The molecule has 0 saturated heterocycles. The highest BCUT2D eigenvalue weighted by Gasteiger charge is 2.12. The minimum absolute atomic E-state index is 0.00370. The van der Waals surface area contributed by atoms with Crippen LogP contribution in [0.4, 0.5) is 0 Å². The van der Waals surface area contributed by atoms with Gasteiger partial charge in [0, 0.05) is 10.6 Å². The first-order valence-corrected chi connectivity index (χ1v) is 4.98. The van der Waals surface area contributed by atoms with Crippen molar-refractivity contribution < 1.29 is 9.90 Å². The van der Waals surface area contributed by atoms with Crippen LogP contribution in [0.3, 0.4) is 0 Å². The molecule has 0 radical (unpaired) electrons. The number of rotatable bonds is 2. The summed E-state index contributed by atoms with van der Waals surface area (Å²) in [5, 5.41) is 9.53. The van der Waals surface area contributed by atoms with E-state index in [1.165, 1.54) is 18.2 Å². The van der Waals surface area contributed by atoms with Gasteiger partial charge in [-0.3, -0.25) is 4.79 Å². The summed E-state index contributed by atoms with van der Waals surface area (Å²) in [6.45, 7) is 1.72. The number of benzene rings is 1. The Morgan fingerprint density at radius 3 is 2.62 bits per heavy atom. The van der Waals surface area contributed by atoms with Crippen LogP contribution in [0.25, 0.3) is 0 Å². The van der Waals surface area contributed by atoms with Gasteiger partial charge in [-0.25, -0.2) is 0 Å². The van der Waals surface area contributed by atoms with Crippen molar-refractivity contribution in [3.05, 3.63) is 28.8 Å². The maximum absolute atomic E-state index is 11.4. The monoisotopic (exact) mass is 262 g/mol. The second-order valence-electron chi connectivity index (χ2n) is 2.68. The van der Waals surface area contributed by atoms with Gasteiger partial charge >= 0.3 is 0 Å². The minimum Gasteiger partial charge on any atom is -0.508 e. The molecule has 0 aromatic heterocycles. The van der Waals surface area contributed by atoms with E-state index in [2.05, 4.69) is 15.9 Å². The van der Waals surface area contributed by atoms with Gasteiger partial charge in [0.2, 0.25) is 0 Å². The minimum atomic E-state index is -0.273. The Labute approximate surface area is 89.7 Å². The first-order chi connectivity index (χ1) is 6.00. The topological polar surface area (TPSA) is 37.3 Å². The van der Waals surface area contributed by atoms with E-state index in [1.807, 2.05) is 0 Å². The van der Waals surface area contributed by atoms with Crippen LogP contribution in [0.5, 0.6) is 5.75 Å². The molecule has 0 aliphatic rings. The molecule has 1 aromatic rings. The van der Waals surface area contributed by atoms with Gasteiger partial charge in [-0.1, -0.05) is 27.5 Å². The second kappa shape index (κ2) is 4.11. The average molecular weight is 264 g/mol. The summed E-state index contributed by atoms with van der Waals surface area (Å²) in [6.07, 6.45) is 0. The number of ketones is 1. The molecule has 1 unspecified atom stereocenters. The van der Waals surface area contributed by atoms with Gasteiger partial charge in [0.05, 0.1) is 4.83 Å². The Morgan fingerprint density at radius 1 is 1.54 bits per heavy atom. The maximum Gasteiger partial charge on any atom is 0.176 e. The molecular weight excluding hydrogens is 255 g/mol. The molecule has 0 spiro atoms. The highest BCUT2D eigenvalue weighted by atomic mass is 79.9. The number of phenolic OH excluding ortho intramolecular Hbond substituents is 1. The predicted octanol–water partition coefficient (Wildman–Crippen LogP) is 3.01. The summed E-state index contributed by atoms with van der Waals surface area (Å²) >= 11 is 8.82. The number of aromatic hydroxyl groups is 1. The first-order valence-electron chi connectivity index (χ1n) is 3.68. The SMILES string of the molecule is CC(Br)C(=O)c1cc(O)cc(Cl)c1. The fourth-order valence-electron chi connectivity index (χ4n) is 0.946. The zero-order chi connectivity index (χ0) is 10.0. The zero-order valence-corrected chi connectivity index (χ0v) is 9.26. The van der Waals surface area contributed by atoms with E-state index in [-0.39, 0.29) is 16.4 Å². The lowest BCUT2D eigenvalue weighted by Crippen LogP contribution is -2.09. The van der Waals surface area contributed by atoms with Crippen LogP contribution in [0.1, 0.15) is 17.3 Å². The highest BCUT2D eigenvalue weighted by Crippen LogP contribution is 2.21. The van der Waals surface area contributed by atoms with Crippen molar-refractivity contribution in [2.75, 3.05) is 0 Å². The molecule has 0 aliphatic carbocycles. The molecule has 1 rings (SSSR count). The van der Waals surface area contributed by atoms with Crippen LogP contribution in [0, 0.1) is 0 Å². The van der Waals surface area contributed by atoms with Crippen molar-refractivity contribution in [1.82, 2.24) is 0 Å². The van der Waals surface area contributed by atoms with Gasteiger partial charge in [0.15, 0.2) is 5.78 Å². The van der Waals surface area contributed by atoms with Gasteiger partial charge in [0.25, 0.3) is 0 Å². The van der Waals surface area contributed by atoms with Crippen molar-refractivity contribution in [3.63, 3.8) is 0 Å². The van der Waals surface area contributed by atoms with E-state index in [0.29, 0.717) is 10.6 Å². The number of phenols is 1. The Morgan fingerprint density at radius 2 is 2.15 bits per heavy atom. The molecular formula is C9H8BrClO2. The molecule has 0 aliphatic heterocycles. The van der Waals surface area contributed by atoms with E-state index in [0.717, 1.165) is 0 Å². The molecule has 4 heteroatoms. The third-order valence-corrected chi connectivity index (χ3v) is 2.16. The van der Waals surface area contributed by atoms with Crippen molar-refractivity contribution in [2.24, 2.45) is 0 Å². The van der Waals surface area contributed by atoms with Crippen molar-refractivity contribution in [1.29, 1.82) is 0 Å². The zero-order valence-electron chi connectivity index (χ0n) is 6.92. The number of hydrogen-bond acceptors (Lipinski definition) is 2. The second-order valence-corrected chi connectivity index (χ2v) is 4.49. The largest absolute Gasteiger partial charge is 0.508 e. The Balaban J connectivity index is 3.08. The fraction of sp³-hybridized carbons (Fsp3) is 0.222. The molecule has 2 nitrogen and oxygen atoms in total. The Bertz CT molecular complexity index is 316. The molecule has 1 aromatic carbocycles. The summed E-state index contributed by atoms with van der Waals surface area (Å²) in [7, 11) is 0. The van der Waals surface area contributed by atoms with Crippen LogP contribution in [-0.4, -0.2) is 15.7 Å². The normalized spacial score (nSPS) is 12.5. The van der Waals surface area contributed by atoms with Gasteiger partial charge in [-0.2, -0.15) is 0 Å². The number of Topliss-reactive ketones (excluding diaryl/α,β-unsaturated/α-hetero) is 1. The molecule has 13 heavy (non-hydrogen) atoms. The van der Waals surface area contributed by atoms with Gasteiger partial charge in [0.1, 0.15) is 5.75 Å². The van der Waals surface area contributed by atoms with Crippen molar-refractivity contribution in [2.45, 2.75) is 11.8 Å². The maximum atomic E-state index is 11.4. The number of alkyl halides is 1. The fourth-order valence-corrected chi connectivity index (χ4v) is 1.44. The Kier molecular flexibility index (Phi) is 3.33. The van der Waals surface area contributed by atoms with Crippen molar-refractivity contribution in [3.8, 4) is 5.75 Å². The van der Waals surface area contributed by atoms with E-state index in [1.54, 1.807) is 6.92 Å².